The molecule has 0 N–H and O–H groups in total. The van der Waals surface area contributed by atoms with E-state index in [2.05, 4.69) is 54.6 Å². The van der Waals surface area contributed by atoms with E-state index in [1.807, 2.05) is 0 Å². The van der Waals surface area contributed by atoms with Crippen molar-refractivity contribution >= 4 is 22.6 Å². The molecule has 1 heteroatoms. The third-order valence-electron chi connectivity index (χ3n) is 6.15. The highest BCUT2D eigenvalue weighted by atomic mass is 127. The predicted molar refractivity (Wildman–Crippen MR) is 105 cm³/mol. The molecule has 2 aliphatic carbocycles. The first-order chi connectivity index (χ1) is 10.5. The first-order valence-corrected chi connectivity index (χ1v) is 10.4. The van der Waals surface area contributed by atoms with Gasteiger partial charge in [0, 0.05) is 3.42 Å². The molecule has 0 bridgehead atoms. The van der Waals surface area contributed by atoms with Gasteiger partial charge < -0.3 is 0 Å². The summed E-state index contributed by atoms with van der Waals surface area (Å²) in [6.45, 7) is 4.68. The Morgan fingerprint density at radius 3 is 2.32 bits per heavy atom. The van der Waals surface area contributed by atoms with E-state index in [1.165, 1.54) is 76.2 Å². The van der Waals surface area contributed by atoms with Crippen LogP contribution in [-0.4, -0.2) is 3.42 Å². The second-order valence-corrected chi connectivity index (χ2v) is 10.3. The molecule has 0 radical (unpaired) electrons. The van der Waals surface area contributed by atoms with Gasteiger partial charge in [0.1, 0.15) is 0 Å². The van der Waals surface area contributed by atoms with Crippen molar-refractivity contribution in [3.05, 3.63) is 34.9 Å². The molecular weight excluding hydrogens is 379 g/mol. The predicted octanol–water partition coefficient (Wildman–Crippen LogP) is 6.80. The van der Waals surface area contributed by atoms with Crippen molar-refractivity contribution in [3.63, 3.8) is 0 Å². The van der Waals surface area contributed by atoms with Crippen molar-refractivity contribution < 1.29 is 0 Å². The summed E-state index contributed by atoms with van der Waals surface area (Å²) < 4.78 is 0.685. The zero-order valence-electron chi connectivity index (χ0n) is 14.4. The van der Waals surface area contributed by atoms with E-state index < -0.39 is 0 Å². The Hall–Kier alpha value is -0.0500. The molecule has 3 rings (SSSR count). The van der Waals surface area contributed by atoms with Gasteiger partial charge in [-0.25, -0.2) is 0 Å². The number of rotatable bonds is 9. The zero-order valence-corrected chi connectivity index (χ0v) is 16.5. The maximum Gasteiger partial charge on any atom is 0.0223 e. The number of hydrogen-bond acceptors (Lipinski definition) is 0. The molecule has 0 saturated heterocycles. The van der Waals surface area contributed by atoms with Crippen molar-refractivity contribution in [3.8, 4) is 0 Å². The molecule has 0 unspecified atom stereocenters. The van der Waals surface area contributed by atoms with Crippen LogP contribution in [0.25, 0.3) is 0 Å². The summed E-state index contributed by atoms with van der Waals surface area (Å²) >= 11 is 2.67. The van der Waals surface area contributed by atoms with Gasteiger partial charge in [-0.15, -0.1) is 0 Å². The van der Waals surface area contributed by atoms with Gasteiger partial charge >= 0.3 is 0 Å². The van der Waals surface area contributed by atoms with Crippen LogP contribution in [0.2, 0.25) is 0 Å². The van der Waals surface area contributed by atoms with Crippen molar-refractivity contribution in [1.29, 1.82) is 0 Å². The summed E-state index contributed by atoms with van der Waals surface area (Å²) in [5.74, 6) is 0. The summed E-state index contributed by atoms with van der Waals surface area (Å²) in [5, 5.41) is 0. The van der Waals surface area contributed by atoms with Crippen LogP contribution in [0, 0.1) is 12.3 Å². The SMILES string of the molecule is CCC1(CCCc2ccc(CCCC3(I)CC3)cc2C)CC1. The Labute approximate surface area is 150 Å². The molecule has 0 spiro atoms. The number of benzene rings is 1. The standard InChI is InChI=1S/C21H31I/c1-3-20(12-13-20)10-5-7-19-9-8-18(16-17(19)2)6-4-11-21(22)14-15-21/h8-9,16H,3-7,10-15H2,1-2H3. The van der Waals surface area contributed by atoms with Gasteiger partial charge in [-0.05, 0) is 93.2 Å². The van der Waals surface area contributed by atoms with E-state index in [-0.39, 0.29) is 0 Å². The molecule has 22 heavy (non-hydrogen) atoms. The fourth-order valence-corrected chi connectivity index (χ4v) is 4.45. The molecule has 2 saturated carbocycles. The average Bonchev–Trinajstić information content (AvgIpc) is 3.41. The lowest BCUT2D eigenvalue weighted by atomic mass is 9.92. The van der Waals surface area contributed by atoms with E-state index in [4.69, 9.17) is 0 Å². The maximum absolute atomic E-state index is 2.67. The van der Waals surface area contributed by atoms with Crippen molar-refractivity contribution in [2.45, 2.75) is 87.9 Å². The number of aryl methyl sites for hydroxylation is 3. The lowest BCUT2D eigenvalue weighted by Gasteiger charge is -2.13. The summed E-state index contributed by atoms with van der Waals surface area (Å²) in [7, 11) is 0. The fraction of sp³-hybridized carbons (Fsp3) is 0.714. The second-order valence-electron chi connectivity index (χ2n) is 7.97. The van der Waals surface area contributed by atoms with E-state index in [0.29, 0.717) is 3.42 Å². The van der Waals surface area contributed by atoms with Crippen molar-refractivity contribution in [1.82, 2.24) is 0 Å². The minimum atomic E-state index is 0.685. The van der Waals surface area contributed by atoms with Crippen LogP contribution in [0.4, 0.5) is 0 Å². The van der Waals surface area contributed by atoms with Gasteiger partial charge in [-0.2, -0.15) is 0 Å². The highest BCUT2D eigenvalue weighted by Gasteiger charge is 2.39. The first kappa shape index (κ1) is 16.8. The second kappa shape index (κ2) is 6.83. The van der Waals surface area contributed by atoms with Gasteiger partial charge in [-0.1, -0.05) is 54.1 Å². The monoisotopic (exact) mass is 410 g/mol. The summed E-state index contributed by atoms with van der Waals surface area (Å²) in [5.41, 5.74) is 5.42. The van der Waals surface area contributed by atoms with Crippen LogP contribution in [0.5, 0.6) is 0 Å². The van der Waals surface area contributed by atoms with Gasteiger partial charge in [-0.3, -0.25) is 0 Å². The zero-order chi connectivity index (χ0) is 15.6. The highest BCUT2D eigenvalue weighted by Crippen LogP contribution is 2.52. The largest absolute Gasteiger partial charge is 0.0789 e. The van der Waals surface area contributed by atoms with E-state index in [9.17, 15) is 0 Å². The Morgan fingerprint density at radius 2 is 1.73 bits per heavy atom. The smallest absolute Gasteiger partial charge is 0.0223 e. The Kier molecular flexibility index (Phi) is 5.21. The quantitative estimate of drug-likeness (QED) is 0.310. The number of halogens is 1. The summed E-state index contributed by atoms with van der Waals surface area (Å²) in [6.07, 6.45) is 15.4. The molecule has 1 aromatic rings. The topological polar surface area (TPSA) is 0 Å². The minimum Gasteiger partial charge on any atom is -0.0789 e. The maximum atomic E-state index is 2.67. The van der Waals surface area contributed by atoms with Crippen molar-refractivity contribution in [2.75, 3.05) is 0 Å². The lowest BCUT2D eigenvalue weighted by molar-refractivity contribution is 0.433. The first-order valence-electron chi connectivity index (χ1n) is 9.32. The molecule has 0 aliphatic heterocycles. The molecule has 122 valence electrons. The molecule has 2 fully saturated rings. The van der Waals surface area contributed by atoms with E-state index in [1.54, 1.807) is 11.1 Å². The third kappa shape index (κ3) is 4.49. The van der Waals surface area contributed by atoms with Crippen molar-refractivity contribution in [2.24, 2.45) is 5.41 Å². The van der Waals surface area contributed by atoms with E-state index >= 15 is 0 Å². The van der Waals surface area contributed by atoms with Gasteiger partial charge in [0.2, 0.25) is 0 Å². The summed E-state index contributed by atoms with van der Waals surface area (Å²) in [4.78, 5) is 0. The summed E-state index contributed by atoms with van der Waals surface area (Å²) in [6, 6.07) is 7.25. The number of hydrogen-bond donors (Lipinski definition) is 0. The molecule has 0 aromatic heterocycles. The molecule has 0 nitrogen and oxygen atoms in total. The van der Waals surface area contributed by atoms with E-state index in [0.717, 1.165) is 5.41 Å². The molecule has 2 aliphatic rings. The lowest BCUT2D eigenvalue weighted by Crippen LogP contribution is -2.01. The minimum absolute atomic E-state index is 0.685. The Balaban J connectivity index is 1.44. The Bertz CT molecular complexity index is 509. The number of alkyl halides is 1. The van der Waals surface area contributed by atoms with Crippen LogP contribution in [0.15, 0.2) is 18.2 Å². The van der Waals surface area contributed by atoms with Gasteiger partial charge in [0.15, 0.2) is 0 Å². The van der Waals surface area contributed by atoms with Crippen LogP contribution in [-0.2, 0) is 12.8 Å². The third-order valence-corrected chi connectivity index (χ3v) is 7.77. The van der Waals surface area contributed by atoms with Crippen LogP contribution in [0.1, 0.15) is 81.4 Å². The molecule has 0 heterocycles. The fourth-order valence-electron chi connectivity index (χ4n) is 3.80. The van der Waals surface area contributed by atoms with Crippen LogP contribution in [0.3, 0.4) is 0 Å². The molecule has 1 aromatic carbocycles. The van der Waals surface area contributed by atoms with Crippen LogP contribution >= 0.6 is 22.6 Å². The average molecular weight is 410 g/mol. The van der Waals surface area contributed by atoms with Crippen LogP contribution < -0.4 is 0 Å². The highest BCUT2D eigenvalue weighted by molar-refractivity contribution is 14.1. The molecular formula is C21H31I. The molecule has 0 atom stereocenters. The van der Waals surface area contributed by atoms with Gasteiger partial charge in [0.25, 0.3) is 0 Å². The van der Waals surface area contributed by atoms with Gasteiger partial charge in [0.05, 0.1) is 0 Å². The molecule has 0 amide bonds. The normalized spacial score (nSPS) is 20.9. The Morgan fingerprint density at radius 1 is 1.00 bits per heavy atom.